The number of hydrogen-bond donors (Lipinski definition) is 3. The third kappa shape index (κ3) is 3.39. The number of aromatic nitrogens is 2. The topological polar surface area (TPSA) is 75.9 Å². The summed E-state index contributed by atoms with van der Waals surface area (Å²) in [6, 6.07) is 7.65. The Hall–Kier alpha value is -1.73. The monoisotopic (exact) mass is 325 g/mol. The smallest absolute Gasteiger partial charge is 0.239 e. The van der Waals surface area contributed by atoms with Crippen LogP contribution in [-0.2, 0) is 0 Å². The summed E-state index contributed by atoms with van der Waals surface area (Å²) in [6.45, 7) is 1.92. The van der Waals surface area contributed by atoms with Crippen molar-refractivity contribution in [2.24, 2.45) is 5.84 Å². The lowest BCUT2D eigenvalue weighted by Gasteiger charge is -2.15. The summed E-state index contributed by atoms with van der Waals surface area (Å²) >= 11 is 3.37. The molecule has 0 aliphatic carbocycles. The van der Waals surface area contributed by atoms with E-state index in [1.165, 1.54) is 0 Å². The van der Waals surface area contributed by atoms with E-state index in [-0.39, 0.29) is 17.8 Å². The maximum absolute atomic E-state index is 13.6. The summed E-state index contributed by atoms with van der Waals surface area (Å²) in [5, 5.41) is 2.98. The maximum Gasteiger partial charge on any atom is 0.239 e. The van der Waals surface area contributed by atoms with Gasteiger partial charge in [-0.15, -0.1) is 0 Å². The molecule has 5 nitrogen and oxygen atoms in total. The highest BCUT2D eigenvalue weighted by atomic mass is 79.9. The predicted molar refractivity (Wildman–Crippen MR) is 76.0 cm³/mol. The van der Waals surface area contributed by atoms with Crippen LogP contribution in [0.4, 0.5) is 16.2 Å². The number of nitrogen functional groups attached to an aromatic ring is 1. The fourth-order valence-corrected chi connectivity index (χ4v) is 1.84. The zero-order valence-electron chi connectivity index (χ0n) is 10.2. The Kier molecular flexibility index (Phi) is 4.28. The predicted octanol–water partition coefficient (Wildman–Crippen LogP) is 2.84. The fraction of sp³-hybridized carbons (Fsp3) is 0.167. The third-order valence-electron chi connectivity index (χ3n) is 2.60. The summed E-state index contributed by atoms with van der Waals surface area (Å²) in [5.74, 6) is 4.94. The molecule has 0 bridgehead atoms. The van der Waals surface area contributed by atoms with Crippen LogP contribution >= 0.6 is 15.9 Å². The fourth-order valence-electron chi connectivity index (χ4n) is 1.58. The van der Waals surface area contributed by atoms with E-state index in [9.17, 15) is 4.39 Å². The molecule has 100 valence electrons. The highest BCUT2D eigenvalue weighted by Gasteiger charge is 2.11. The molecule has 7 heteroatoms. The molecule has 0 fully saturated rings. The van der Waals surface area contributed by atoms with Crippen molar-refractivity contribution in [3.8, 4) is 0 Å². The molecule has 4 N–H and O–H groups in total. The van der Waals surface area contributed by atoms with Gasteiger partial charge in [0.2, 0.25) is 5.95 Å². The molecule has 0 aliphatic rings. The first-order valence-electron chi connectivity index (χ1n) is 5.61. The van der Waals surface area contributed by atoms with E-state index in [0.717, 1.165) is 16.2 Å². The van der Waals surface area contributed by atoms with Gasteiger partial charge in [-0.2, -0.15) is 4.98 Å². The van der Waals surface area contributed by atoms with Gasteiger partial charge in [0.15, 0.2) is 11.6 Å². The van der Waals surface area contributed by atoms with Crippen LogP contribution in [0.25, 0.3) is 0 Å². The van der Waals surface area contributed by atoms with E-state index in [4.69, 9.17) is 5.84 Å². The Morgan fingerprint density at radius 1 is 1.32 bits per heavy atom. The van der Waals surface area contributed by atoms with Crippen LogP contribution in [0.2, 0.25) is 0 Å². The minimum atomic E-state index is -0.525. The molecule has 1 aromatic heterocycles. The van der Waals surface area contributed by atoms with Crippen molar-refractivity contribution >= 4 is 27.7 Å². The van der Waals surface area contributed by atoms with Crippen LogP contribution in [-0.4, -0.2) is 9.97 Å². The van der Waals surface area contributed by atoms with Crippen LogP contribution in [0.1, 0.15) is 18.5 Å². The Bertz CT molecular complexity index is 561. The summed E-state index contributed by atoms with van der Waals surface area (Å²) in [7, 11) is 0. The van der Waals surface area contributed by atoms with Gasteiger partial charge in [0, 0.05) is 4.47 Å². The van der Waals surface area contributed by atoms with Crippen molar-refractivity contribution in [1.82, 2.24) is 9.97 Å². The molecule has 0 saturated carbocycles. The van der Waals surface area contributed by atoms with Crippen LogP contribution in [0, 0.1) is 5.82 Å². The van der Waals surface area contributed by atoms with Crippen LogP contribution < -0.4 is 16.6 Å². The maximum atomic E-state index is 13.6. The summed E-state index contributed by atoms with van der Waals surface area (Å²) in [6.07, 6.45) is 1.07. The minimum Gasteiger partial charge on any atom is -0.361 e. The van der Waals surface area contributed by atoms with Crippen molar-refractivity contribution < 1.29 is 4.39 Å². The second-order valence-corrected chi connectivity index (χ2v) is 4.87. The number of hydrogen-bond acceptors (Lipinski definition) is 5. The van der Waals surface area contributed by atoms with Crippen molar-refractivity contribution in [1.29, 1.82) is 0 Å². The van der Waals surface area contributed by atoms with Gasteiger partial charge in [0.05, 0.1) is 12.2 Å². The summed E-state index contributed by atoms with van der Waals surface area (Å²) in [4.78, 5) is 7.61. The number of nitrogens with two attached hydrogens (primary N) is 1. The lowest BCUT2D eigenvalue weighted by atomic mass is 10.1. The molecule has 1 unspecified atom stereocenters. The minimum absolute atomic E-state index is 0.0943. The van der Waals surface area contributed by atoms with Crippen LogP contribution in [0.3, 0.4) is 0 Å². The standard InChI is InChI=1S/C12H13BrFN5/c1-7(8-2-4-9(13)5-3-8)17-11-10(14)6-16-12(18-11)19-15/h2-7H,15H2,1H3,(H2,16,17,18,19). The van der Waals surface area contributed by atoms with E-state index < -0.39 is 5.82 Å². The first-order chi connectivity index (χ1) is 9.10. The molecule has 0 amide bonds. The number of benzene rings is 1. The lowest BCUT2D eigenvalue weighted by molar-refractivity contribution is 0.614. The van der Waals surface area contributed by atoms with Crippen molar-refractivity contribution in [3.05, 3.63) is 46.3 Å². The second-order valence-electron chi connectivity index (χ2n) is 3.95. The molecule has 19 heavy (non-hydrogen) atoms. The van der Waals surface area contributed by atoms with Crippen molar-refractivity contribution in [2.75, 3.05) is 10.7 Å². The average molecular weight is 326 g/mol. The second kappa shape index (κ2) is 5.94. The SMILES string of the molecule is CC(Nc1nc(NN)ncc1F)c1ccc(Br)cc1. The first-order valence-corrected chi connectivity index (χ1v) is 6.40. The first kappa shape index (κ1) is 13.7. The number of nitrogens with zero attached hydrogens (tertiary/aromatic N) is 2. The number of anilines is 2. The highest BCUT2D eigenvalue weighted by Crippen LogP contribution is 2.21. The summed E-state index contributed by atoms with van der Waals surface area (Å²) in [5.41, 5.74) is 3.30. The normalized spacial score (nSPS) is 12.0. The third-order valence-corrected chi connectivity index (χ3v) is 3.13. The quantitative estimate of drug-likeness (QED) is 0.595. The lowest BCUT2D eigenvalue weighted by Crippen LogP contribution is -2.14. The molecule has 0 aliphatic heterocycles. The Morgan fingerprint density at radius 3 is 2.63 bits per heavy atom. The number of rotatable bonds is 4. The molecule has 1 aromatic carbocycles. The molecule has 2 rings (SSSR count). The Labute approximate surface area is 118 Å². The van der Waals surface area contributed by atoms with Gasteiger partial charge in [-0.3, -0.25) is 5.43 Å². The molecule has 0 radical (unpaired) electrons. The molecule has 1 heterocycles. The Morgan fingerprint density at radius 2 is 2.00 bits per heavy atom. The van der Waals surface area contributed by atoms with Gasteiger partial charge in [-0.25, -0.2) is 15.2 Å². The van der Waals surface area contributed by atoms with E-state index >= 15 is 0 Å². The average Bonchev–Trinajstić information content (AvgIpc) is 2.42. The molecule has 1 atom stereocenters. The van der Waals surface area contributed by atoms with Crippen molar-refractivity contribution in [3.63, 3.8) is 0 Å². The molecule has 2 aromatic rings. The van der Waals surface area contributed by atoms with Crippen LogP contribution in [0.5, 0.6) is 0 Å². The van der Waals surface area contributed by atoms with Gasteiger partial charge in [0.25, 0.3) is 0 Å². The van der Waals surface area contributed by atoms with Crippen LogP contribution in [0.15, 0.2) is 34.9 Å². The number of hydrazine groups is 1. The molecular formula is C12H13BrFN5. The zero-order chi connectivity index (χ0) is 13.8. The van der Waals surface area contributed by atoms with Gasteiger partial charge >= 0.3 is 0 Å². The zero-order valence-corrected chi connectivity index (χ0v) is 11.8. The van der Waals surface area contributed by atoms with E-state index in [0.29, 0.717) is 0 Å². The molecular weight excluding hydrogens is 313 g/mol. The van der Waals surface area contributed by atoms with Gasteiger partial charge < -0.3 is 5.32 Å². The molecule has 0 spiro atoms. The van der Waals surface area contributed by atoms with Gasteiger partial charge in [0.1, 0.15) is 0 Å². The van der Waals surface area contributed by atoms with Crippen molar-refractivity contribution in [2.45, 2.75) is 13.0 Å². The van der Waals surface area contributed by atoms with E-state index in [1.54, 1.807) is 0 Å². The van der Waals surface area contributed by atoms with E-state index in [1.807, 2.05) is 31.2 Å². The van der Waals surface area contributed by atoms with E-state index in [2.05, 4.69) is 36.6 Å². The highest BCUT2D eigenvalue weighted by molar-refractivity contribution is 9.10. The number of halogens is 2. The summed E-state index contributed by atoms with van der Waals surface area (Å²) < 4.78 is 14.6. The Balaban J connectivity index is 2.18. The number of nitrogens with one attached hydrogen (secondary N) is 2. The van der Waals surface area contributed by atoms with Gasteiger partial charge in [-0.1, -0.05) is 28.1 Å². The largest absolute Gasteiger partial charge is 0.361 e. The molecule has 0 saturated heterocycles. The van der Waals surface area contributed by atoms with Gasteiger partial charge in [-0.05, 0) is 24.6 Å².